The number of likely N-dealkylation sites (tertiary alicyclic amines) is 1. The van der Waals surface area contributed by atoms with Crippen LogP contribution < -0.4 is 4.74 Å². The van der Waals surface area contributed by atoms with Crippen LogP contribution in [0.15, 0.2) is 35.1 Å². The smallest absolute Gasteiger partial charge is 0.259 e. The molecule has 2 aromatic rings. The molecule has 4 rings (SSSR count). The van der Waals surface area contributed by atoms with Crippen LogP contribution in [-0.4, -0.2) is 52.3 Å². The van der Waals surface area contributed by atoms with Gasteiger partial charge in [0.2, 0.25) is 5.88 Å². The Morgan fingerprint density at radius 1 is 1.44 bits per heavy atom. The van der Waals surface area contributed by atoms with Crippen LogP contribution in [0.1, 0.15) is 35.9 Å². The molecule has 7 nitrogen and oxygen atoms in total. The Balaban J connectivity index is 1.37. The minimum absolute atomic E-state index is 0.0416. The molecule has 2 saturated heterocycles. The summed E-state index contributed by atoms with van der Waals surface area (Å²) in [5.74, 6) is 1.22. The quantitative estimate of drug-likeness (QED) is 0.846. The molecule has 0 bridgehead atoms. The average molecular weight is 343 g/mol. The zero-order valence-corrected chi connectivity index (χ0v) is 14.2. The molecular formula is C18H21N3O4. The van der Waals surface area contributed by atoms with E-state index in [1.54, 1.807) is 11.1 Å². The first kappa shape index (κ1) is 16.1. The molecule has 2 aromatic heterocycles. The Morgan fingerprint density at radius 3 is 3.08 bits per heavy atom. The van der Waals surface area contributed by atoms with Gasteiger partial charge in [0.05, 0.1) is 25.9 Å². The van der Waals surface area contributed by atoms with E-state index < -0.39 is 0 Å². The molecule has 2 aliphatic rings. The maximum atomic E-state index is 12.6. The van der Waals surface area contributed by atoms with E-state index >= 15 is 0 Å². The van der Waals surface area contributed by atoms with Crippen molar-refractivity contribution in [2.24, 2.45) is 0 Å². The SMILES string of the molecule is CCc1oncc1C(=O)N1CC2(C[C@@H](Oc3ccccn3)CCO2)C1. The van der Waals surface area contributed by atoms with Gasteiger partial charge < -0.3 is 18.9 Å². The first-order chi connectivity index (χ1) is 12.2. The van der Waals surface area contributed by atoms with Crippen molar-refractivity contribution in [1.29, 1.82) is 0 Å². The third-order valence-electron chi connectivity index (χ3n) is 4.81. The number of carbonyl (C=O) groups is 1. The lowest BCUT2D eigenvalue weighted by atomic mass is 9.84. The van der Waals surface area contributed by atoms with Crippen molar-refractivity contribution < 1.29 is 18.8 Å². The maximum absolute atomic E-state index is 12.6. The number of rotatable bonds is 4. The Morgan fingerprint density at radius 2 is 2.32 bits per heavy atom. The predicted molar refractivity (Wildman–Crippen MR) is 88.4 cm³/mol. The van der Waals surface area contributed by atoms with Gasteiger partial charge in [-0.15, -0.1) is 0 Å². The van der Waals surface area contributed by atoms with Crippen molar-refractivity contribution in [1.82, 2.24) is 15.0 Å². The van der Waals surface area contributed by atoms with Crippen LogP contribution >= 0.6 is 0 Å². The number of ether oxygens (including phenoxy) is 2. The lowest BCUT2D eigenvalue weighted by Gasteiger charge is -2.52. The van der Waals surface area contributed by atoms with Crippen LogP contribution in [0.4, 0.5) is 0 Å². The molecule has 2 fully saturated rings. The summed E-state index contributed by atoms with van der Waals surface area (Å²) >= 11 is 0. The maximum Gasteiger partial charge on any atom is 0.259 e. The third-order valence-corrected chi connectivity index (χ3v) is 4.81. The van der Waals surface area contributed by atoms with Gasteiger partial charge in [-0.05, 0) is 6.07 Å². The predicted octanol–water partition coefficient (Wildman–Crippen LogP) is 2.08. The van der Waals surface area contributed by atoms with Gasteiger partial charge in [-0.25, -0.2) is 4.98 Å². The van der Waals surface area contributed by atoms with E-state index in [-0.39, 0.29) is 17.6 Å². The molecule has 1 spiro atoms. The number of nitrogens with zero attached hydrogens (tertiary/aromatic N) is 3. The summed E-state index contributed by atoms with van der Waals surface area (Å²) in [5, 5.41) is 3.74. The topological polar surface area (TPSA) is 77.7 Å². The summed E-state index contributed by atoms with van der Waals surface area (Å²) in [4.78, 5) is 18.6. The normalized spacial score (nSPS) is 21.8. The Hall–Kier alpha value is -2.41. The minimum atomic E-state index is -0.309. The molecular weight excluding hydrogens is 322 g/mol. The third kappa shape index (κ3) is 3.11. The summed E-state index contributed by atoms with van der Waals surface area (Å²) in [6.45, 7) is 3.72. The van der Waals surface area contributed by atoms with Gasteiger partial charge in [-0.3, -0.25) is 4.79 Å². The second-order valence-electron chi connectivity index (χ2n) is 6.61. The molecule has 132 valence electrons. The first-order valence-corrected chi connectivity index (χ1v) is 8.63. The van der Waals surface area contributed by atoms with E-state index in [4.69, 9.17) is 14.0 Å². The number of pyridine rings is 1. The lowest BCUT2D eigenvalue weighted by molar-refractivity contribution is -0.174. The highest BCUT2D eigenvalue weighted by atomic mass is 16.5. The van der Waals surface area contributed by atoms with Gasteiger partial charge in [0.1, 0.15) is 23.0 Å². The molecule has 0 N–H and O–H groups in total. The van der Waals surface area contributed by atoms with Crippen LogP contribution in [0, 0.1) is 0 Å². The van der Waals surface area contributed by atoms with E-state index in [1.165, 1.54) is 6.20 Å². The van der Waals surface area contributed by atoms with Crippen molar-refractivity contribution in [2.45, 2.75) is 37.9 Å². The molecule has 1 atom stereocenters. The van der Waals surface area contributed by atoms with Crippen molar-refractivity contribution in [3.05, 3.63) is 41.9 Å². The van der Waals surface area contributed by atoms with Crippen molar-refractivity contribution >= 4 is 5.91 Å². The molecule has 0 radical (unpaired) electrons. The summed E-state index contributed by atoms with van der Waals surface area (Å²) in [7, 11) is 0. The lowest BCUT2D eigenvalue weighted by Crippen LogP contribution is -2.67. The van der Waals surface area contributed by atoms with Gasteiger partial charge >= 0.3 is 0 Å². The Bertz CT molecular complexity index is 740. The highest BCUT2D eigenvalue weighted by Gasteiger charge is 2.50. The van der Waals surface area contributed by atoms with E-state index in [0.29, 0.717) is 43.3 Å². The van der Waals surface area contributed by atoms with Crippen molar-refractivity contribution in [2.75, 3.05) is 19.7 Å². The fourth-order valence-electron chi connectivity index (χ4n) is 3.55. The number of hydrogen-bond donors (Lipinski definition) is 0. The Labute approximate surface area is 145 Å². The zero-order valence-electron chi connectivity index (χ0n) is 14.2. The van der Waals surface area contributed by atoms with Crippen molar-refractivity contribution in [3.63, 3.8) is 0 Å². The second kappa shape index (κ2) is 6.48. The second-order valence-corrected chi connectivity index (χ2v) is 6.61. The number of amides is 1. The van der Waals surface area contributed by atoms with E-state index in [0.717, 1.165) is 12.8 Å². The molecule has 0 unspecified atom stereocenters. The van der Waals surface area contributed by atoms with Crippen LogP contribution in [0.3, 0.4) is 0 Å². The minimum Gasteiger partial charge on any atom is -0.474 e. The van der Waals surface area contributed by atoms with Gasteiger partial charge in [0.15, 0.2) is 0 Å². The zero-order chi connectivity index (χ0) is 17.3. The molecule has 4 heterocycles. The molecule has 25 heavy (non-hydrogen) atoms. The molecule has 1 amide bonds. The largest absolute Gasteiger partial charge is 0.474 e. The molecule has 0 aliphatic carbocycles. The fourth-order valence-corrected chi connectivity index (χ4v) is 3.55. The highest BCUT2D eigenvalue weighted by Crippen LogP contribution is 2.36. The van der Waals surface area contributed by atoms with Crippen molar-refractivity contribution in [3.8, 4) is 5.88 Å². The number of hydrogen-bond acceptors (Lipinski definition) is 6. The highest BCUT2D eigenvalue weighted by molar-refractivity contribution is 5.95. The van der Waals surface area contributed by atoms with Gasteiger partial charge in [-0.2, -0.15) is 0 Å². The van der Waals surface area contributed by atoms with E-state index in [1.807, 2.05) is 25.1 Å². The molecule has 0 aromatic carbocycles. The molecule has 0 saturated carbocycles. The standard InChI is InChI=1S/C18H21N3O4/c1-2-15-14(10-20-25-15)17(22)21-11-18(12-21)9-13(6-8-23-18)24-16-5-3-4-7-19-16/h3-5,7,10,13H,2,6,8-9,11-12H2,1H3/t13-/m0/s1. The average Bonchev–Trinajstić information content (AvgIpc) is 3.09. The van der Waals surface area contributed by atoms with Gasteiger partial charge in [0, 0.05) is 31.5 Å². The van der Waals surface area contributed by atoms with Crippen LogP contribution in [0.25, 0.3) is 0 Å². The molecule has 7 heteroatoms. The van der Waals surface area contributed by atoms with E-state index in [9.17, 15) is 4.79 Å². The fraction of sp³-hybridized carbons (Fsp3) is 0.500. The van der Waals surface area contributed by atoms with E-state index in [2.05, 4.69) is 10.1 Å². The van der Waals surface area contributed by atoms with Gasteiger partial charge in [0.25, 0.3) is 5.91 Å². The number of carbonyl (C=O) groups excluding carboxylic acids is 1. The molecule has 2 aliphatic heterocycles. The monoisotopic (exact) mass is 343 g/mol. The summed E-state index contributed by atoms with van der Waals surface area (Å²) < 4.78 is 17.1. The summed E-state index contributed by atoms with van der Waals surface area (Å²) in [6, 6.07) is 5.63. The van der Waals surface area contributed by atoms with Crippen LogP contribution in [0.2, 0.25) is 0 Å². The number of aryl methyl sites for hydroxylation is 1. The van der Waals surface area contributed by atoms with Gasteiger partial charge in [-0.1, -0.05) is 18.1 Å². The van der Waals surface area contributed by atoms with Crippen LogP contribution in [-0.2, 0) is 11.2 Å². The van der Waals surface area contributed by atoms with Crippen LogP contribution in [0.5, 0.6) is 5.88 Å². The first-order valence-electron chi connectivity index (χ1n) is 8.63. The summed E-state index contributed by atoms with van der Waals surface area (Å²) in [6.07, 6.45) is 5.52. The summed E-state index contributed by atoms with van der Waals surface area (Å²) in [5.41, 5.74) is 0.242. The Kier molecular flexibility index (Phi) is 4.17. The number of aromatic nitrogens is 2.